The number of hydrazone groups is 1. The zero-order valence-corrected chi connectivity index (χ0v) is 21.8. The van der Waals surface area contributed by atoms with Gasteiger partial charge in [-0.15, -0.1) is 0 Å². The van der Waals surface area contributed by atoms with Crippen molar-refractivity contribution >= 4 is 29.4 Å². The Morgan fingerprint density at radius 1 is 1.03 bits per heavy atom. The van der Waals surface area contributed by atoms with Crippen LogP contribution in [-0.2, 0) is 9.53 Å². The number of hydrogen-bond acceptors (Lipinski definition) is 5. The van der Waals surface area contributed by atoms with Crippen molar-refractivity contribution in [2.75, 3.05) is 25.6 Å². The van der Waals surface area contributed by atoms with E-state index >= 15 is 0 Å². The monoisotopic (exact) mass is 529 g/mol. The number of hydrogen-bond donors (Lipinski definition) is 0. The summed E-state index contributed by atoms with van der Waals surface area (Å²) in [5.74, 6) is -1.86. The lowest BCUT2D eigenvalue weighted by Gasteiger charge is -2.29. The quantitative estimate of drug-likeness (QED) is 0.367. The predicted octanol–water partition coefficient (Wildman–Crippen LogP) is 6.01. The Bertz CT molecular complexity index is 1430. The number of rotatable bonds is 6. The summed E-state index contributed by atoms with van der Waals surface area (Å²) in [5.41, 5.74) is 4.52. The zero-order valence-electron chi connectivity index (χ0n) is 21.8. The van der Waals surface area contributed by atoms with Crippen LogP contribution in [0.5, 0.6) is 0 Å². The molecule has 3 aromatic rings. The molecule has 1 fully saturated rings. The minimum Gasteiger partial charge on any atom is -0.452 e. The Balaban J connectivity index is 1.41. The molecule has 1 amide bonds. The summed E-state index contributed by atoms with van der Waals surface area (Å²) in [6, 6.07) is 18.8. The Hall–Kier alpha value is -4.33. The van der Waals surface area contributed by atoms with Gasteiger partial charge in [-0.25, -0.2) is 18.6 Å². The largest absolute Gasteiger partial charge is 0.452 e. The number of allylic oxidation sites excluding steroid dienone is 1. The molecular weight excluding hydrogens is 500 g/mol. The number of nitrogens with zero attached hydrogens (tertiary/aromatic N) is 3. The maximum Gasteiger partial charge on any atom is 0.338 e. The molecule has 0 bridgehead atoms. The molecule has 0 N–H and O–H groups in total. The molecule has 1 aliphatic carbocycles. The molecule has 1 saturated carbocycles. The van der Waals surface area contributed by atoms with Crippen molar-refractivity contribution in [2.45, 2.75) is 25.3 Å². The highest BCUT2D eigenvalue weighted by atomic mass is 19.1. The maximum atomic E-state index is 13.7. The fourth-order valence-corrected chi connectivity index (χ4v) is 5.15. The highest BCUT2D eigenvalue weighted by Crippen LogP contribution is 2.44. The molecule has 1 heterocycles. The smallest absolute Gasteiger partial charge is 0.338 e. The number of carbonyl (C=O) groups is 2. The normalized spacial score (nSPS) is 19.4. The first kappa shape index (κ1) is 26.3. The van der Waals surface area contributed by atoms with Gasteiger partial charge in [0, 0.05) is 25.7 Å². The Morgan fingerprint density at radius 3 is 2.41 bits per heavy atom. The van der Waals surface area contributed by atoms with Crippen molar-refractivity contribution < 1.29 is 23.1 Å². The molecule has 1 aliphatic heterocycles. The van der Waals surface area contributed by atoms with E-state index in [2.05, 4.69) is 0 Å². The highest BCUT2D eigenvalue weighted by molar-refractivity contribution is 6.08. The van der Waals surface area contributed by atoms with E-state index in [4.69, 9.17) is 9.84 Å². The fraction of sp³-hybridized carbons (Fsp3) is 0.258. The van der Waals surface area contributed by atoms with E-state index in [9.17, 15) is 18.4 Å². The maximum absolute atomic E-state index is 13.7. The van der Waals surface area contributed by atoms with Gasteiger partial charge in [0.15, 0.2) is 6.61 Å². The molecule has 3 aromatic carbocycles. The van der Waals surface area contributed by atoms with Crippen LogP contribution in [0.4, 0.5) is 14.5 Å². The van der Waals surface area contributed by atoms with Crippen molar-refractivity contribution in [3.63, 3.8) is 0 Å². The van der Waals surface area contributed by atoms with Gasteiger partial charge in [0.2, 0.25) is 0 Å². The molecule has 2 unspecified atom stereocenters. The third kappa shape index (κ3) is 5.74. The van der Waals surface area contributed by atoms with Gasteiger partial charge in [-0.1, -0.05) is 30.3 Å². The minimum atomic E-state index is -0.605. The molecule has 6 nitrogen and oxygen atoms in total. The number of fused-ring (bicyclic) bond motifs is 1. The Labute approximate surface area is 226 Å². The second-order valence-corrected chi connectivity index (χ2v) is 9.96. The van der Waals surface area contributed by atoms with Crippen LogP contribution >= 0.6 is 0 Å². The molecule has 0 spiro atoms. The summed E-state index contributed by atoms with van der Waals surface area (Å²) >= 11 is 0. The van der Waals surface area contributed by atoms with Crippen LogP contribution in [-0.4, -0.2) is 43.3 Å². The third-order valence-corrected chi connectivity index (χ3v) is 7.10. The van der Waals surface area contributed by atoms with Gasteiger partial charge in [0.05, 0.1) is 17.3 Å². The lowest BCUT2D eigenvalue weighted by atomic mass is 9.77. The van der Waals surface area contributed by atoms with E-state index in [0.29, 0.717) is 5.56 Å². The predicted molar refractivity (Wildman–Crippen MR) is 146 cm³/mol. The number of carbonyl (C=O) groups excluding carboxylic acids is 2. The molecule has 0 radical (unpaired) electrons. The van der Waals surface area contributed by atoms with Crippen LogP contribution in [0, 0.1) is 17.6 Å². The molecular formula is C31H29F2N3O3. The summed E-state index contributed by atoms with van der Waals surface area (Å²) in [4.78, 5) is 28.1. The van der Waals surface area contributed by atoms with E-state index in [0.717, 1.165) is 47.4 Å². The van der Waals surface area contributed by atoms with E-state index in [-0.39, 0.29) is 17.6 Å². The Morgan fingerprint density at radius 2 is 1.72 bits per heavy atom. The summed E-state index contributed by atoms with van der Waals surface area (Å²) in [5, 5.41) is 6.12. The van der Waals surface area contributed by atoms with Crippen LogP contribution in [0.3, 0.4) is 0 Å². The summed E-state index contributed by atoms with van der Waals surface area (Å²) in [6.45, 7) is -0.483. The first-order chi connectivity index (χ1) is 18.8. The van der Waals surface area contributed by atoms with Gasteiger partial charge in [-0.2, -0.15) is 5.10 Å². The van der Waals surface area contributed by atoms with Crippen molar-refractivity contribution in [3.8, 4) is 0 Å². The SMILES string of the molecule is CN(C)c1cccc(C(=O)OCC(=O)N2N=C3C(=Cc4ccc(F)cc4)CCCC3C2c2ccc(F)cc2)c1. The molecule has 200 valence electrons. The summed E-state index contributed by atoms with van der Waals surface area (Å²) in [7, 11) is 3.74. The lowest BCUT2D eigenvalue weighted by molar-refractivity contribution is -0.137. The van der Waals surface area contributed by atoms with Gasteiger partial charge in [-0.3, -0.25) is 4.79 Å². The van der Waals surface area contributed by atoms with Gasteiger partial charge in [-0.05, 0) is 84.5 Å². The lowest BCUT2D eigenvalue weighted by Crippen LogP contribution is -2.34. The zero-order chi connectivity index (χ0) is 27.5. The van der Waals surface area contributed by atoms with Crippen LogP contribution < -0.4 is 4.90 Å². The average molecular weight is 530 g/mol. The molecule has 2 aliphatic rings. The first-order valence-corrected chi connectivity index (χ1v) is 12.9. The van der Waals surface area contributed by atoms with Crippen LogP contribution in [0.2, 0.25) is 0 Å². The van der Waals surface area contributed by atoms with Crippen molar-refractivity contribution in [1.29, 1.82) is 0 Å². The van der Waals surface area contributed by atoms with Crippen molar-refractivity contribution in [1.82, 2.24) is 5.01 Å². The van der Waals surface area contributed by atoms with E-state index in [1.165, 1.54) is 29.3 Å². The Kier molecular flexibility index (Phi) is 7.54. The second kappa shape index (κ2) is 11.2. The minimum absolute atomic E-state index is 0.104. The number of amides is 1. The molecule has 0 aromatic heterocycles. The number of esters is 1. The fourth-order valence-electron chi connectivity index (χ4n) is 5.15. The summed E-state index contributed by atoms with van der Waals surface area (Å²) < 4.78 is 32.6. The van der Waals surface area contributed by atoms with Gasteiger partial charge >= 0.3 is 5.97 Å². The number of anilines is 1. The van der Waals surface area contributed by atoms with E-state index in [1.807, 2.05) is 31.1 Å². The summed E-state index contributed by atoms with van der Waals surface area (Å²) in [6.07, 6.45) is 4.41. The van der Waals surface area contributed by atoms with Crippen LogP contribution in [0.1, 0.15) is 46.8 Å². The number of halogens is 2. The first-order valence-electron chi connectivity index (χ1n) is 12.9. The third-order valence-electron chi connectivity index (χ3n) is 7.10. The van der Waals surface area contributed by atoms with Crippen molar-refractivity contribution in [3.05, 3.63) is 107 Å². The standard InChI is InChI=1S/C31H29F2N3O3/c1-35(2)26-7-3-6-23(18-26)31(38)39-19-28(37)36-30(21-11-15-25(33)16-12-21)27-8-4-5-22(29(27)34-36)17-20-9-13-24(32)14-10-20/h3,6-7,9-18,27,30H,4-5,8,19H2,1-2H3. The van der Waals surface area contributed by atoms with Crippen LogP contribution in [0.25, 0.3) is 6.08 Å². The topological polar surface area (TPSA) is 62.2 Å². The average Bonchev–Trinajstić information content (AvgIpc) is 3.34. The van der Waals surface area contributed by atoms with E-state index in [1.54, 1.807) is 42.5 Å². The van der Waals surface area contributed by atoms with Gasteiger partial charge in [0.25, 0.3) is 5.91 Å². The van der Waals surface area contributed by atoms with Crippen LogP contribution in [0.15, 0.2) is 83.5 Å². The molecule has 5 rings (SSSR count). The van der Waals surface area contributed by atoms with Gasteiger partial charge < -0.3 is 9.64 Å². The molecule has 2 atom stereocenters. The number of ether oxygens (including phenoxy) is 1. The molecule has 8 heteroatoms. The molecule has 0 saturated heterocycles. The van der Waals surface area contributed by atoms with Crippen molar-refractivity contribution in [2.24, 2.45) is 11.0 Å². The highest BCUT2D eigenvalue weighted by Gasteiger charge is 2.43. The second-order valence-electron chi connectivity index (χ2n) is 9.96. The van der Waals surface area contributed by atoms with Gasteiger partial charge in [0.1, 0.15) is 11.6 Å². The van der Waals surface area contributed by atoms with E-state index < -0.39 is 24.5 Å². The molecule has 39 heavy (non-hydrogen) atoms. The number of benzene rings is 3.